The van der Waals surface area contributed by atoms with Gasteiger partial charge >= 0.3 is 11.7 Å². The van der Waals surface area contributed by atoms with Gasteiger partial charge in [-0.3, -0.25) is 4.68 Å². The lowest BCUT2D eigenvalue weighted by Crippen LogP contribution is -2.18. The molecule has 0 atom stereocenters. The van der Waals surface area contributed by atoms with Crippen molar-refractivity contribution in [1.82, 2.24) is 19.7 Å². The van der Waals surface area contributed by atoms with Gasteiger partial charge in [-0.05, 0) is 18.9 Å². The first-order chi connectivity index (χ1) is 9.47. The number of carboxylic acid groups (broad SMARTS) is 1. The number of thioether (sulfide) groups is 1. The Bertz CT molecular complexity index is 692. The number of nitrogens with zero attached hydrogens (tertiary/aromatic N) is 3. The van der Waals surface area contributed by atoms with Gasteiger partial charge in [0.25, 0.3) is 0 Å². The number of aromatic nitrogens is 4. The van der Waals surface area contributed by atoms with Crippen LogP contribution >= 0.6 is 11.8 Å². The standard InChI is InChI=1S/C12H14N4O3S/c1-7-9(11(17)18)10(15-12(19)14-7)20-4-3-8-5-13-16(2)6-8/h5-6H,3-4H2,1-2H3,(H,17,18)(H,14,15,19). The minimum absolute atomic E-state index is 0.0563. The summed E-state index contributed by atoms with van der Waals surface area (Å²) < 4.78 is 1.71. The molecule has 0 aliphatic rings. The zero-order valence-electron chi connectivity index (χ0n) is 11.1. The van der Waals surface area contributed by atoms with Crippen LogP contribution in [0.4, 0.5) is 0 Å². The van der Waals surface area contributed by atoms with Crippen molar-refractivity contribution in [2.45, 2.75) is 18.4 Å². The Morgan fingerprint density at radius 2 is 2.30 bits per heavy atom. The van der Waals surface area contributed by atoms with E-state index in [1.54, 1.807) is 17.8 Å². The second-order valence-electron chi connectivity index (χ2n) is 4.27. The quantitative estimate of drug-likeness (QED) is 0.626. The Morgan fingerprint density at radius 3 is 2.90 bits per heavy atom. The smallest absolute Gasteiger partial charge is 0.346 e. The highest BCUT2D eigenvalue weighted by molar-refractivity contribution is 7.99. The molecule has 0 saturated carbocycles. The molecule has 0 aliphatic carbocycles. The van der Waals surface area contributed by atoms with E-state index in [1.807, 2.05) is 13.2 Å². The van der Waals surface area contributed by atoms with Crippen molar-refractivity contribution < 1.29 is 9.90 Å². The van der Waals surface area contributed by atoms with Crippen molar-refractivity contribution in [3.63, 3.8) is 0 Å². The first kappa shape index (κ1) is 14.3. The van der Waals surface area contributed by atoms with Crippen LogP contribution in [-0.2, 0) is 13.5 Å². The van der Waals surface area contributed by atoms with E-state index < -0.39 is 11.7 Å². The molecule has 2 aromatic rings. The average Bonchev–Trinajstić information content (AvgIpc) is 2.73. The number of aromatic carboxylic acids is 1. The molecule has 8 heteroatoms. The lowest BCUT2D eigenvalue weighted by Gasteiger charge is -2.06. The molecule has 20 heavy (non-hydrogen) atoms. The van der Waals surface area contributed by atoms with Gasteiger partial charge in [-0.15, -0.1) is 11.8 Å². The maximum absolute atomic E-state index is 11.3. The van der Waals surface area contributed by atoms with Crippen molar-refractivity contribution in [3.8, 4) is 0 Å². The number of hydrogen-bond acceptors (Lipinski definition) is 5. The fraction of sp³-hybridized carbons (Fsp3) is 0.333. The second kappa shape index (κ2) is 5.91. The van der Waals surface area contributed by atoms with Crippen molar-refractivity contribution in [1.29, 1.82) is 0 Å². The van der Waals surface area contributed by atoms with E-state index in [1.165, 1.54) is 11.8 Å². The monoisotopic (exact) mass is 294 g/mol. The lowest BCUT2D eigenvalue weighted by atomic mass is 10.2. The predicted octanol–water partition coefficient (Wildman–Crippen LogP) is 0.845. The average molecular weight is 294 g/mol. The minimum Gasteiger partial charge on any atom is -0.478 e. The van der Waals surface area contributed by atoms with E-state index in [9.17, 15) is 9.59 Å². The highest BCUT2D eigenvalue weighted by atomic mass is 32.2. The molecule has 0 aliphatic heterocycles. The van der Waals surface area contributed by atoms with Gasteiger partial charge in [0.15, 0.2) is 0 Å². The van der Waals surface area contributed by atoms with E-state index in [4.69, 9.17) is 5.11 Å². The number of H-pyrrole nitrogens is 1. The molecule has 7 nitrogen and oxygen atoms in total. The normalized spacial score (nSPS) is 10.7. The molecule has 0 spiro atoms. The van der Waals surface area contributed by atoms with E-state index in [2.05, 4.69) is 15.1 Å². The van der Waals surface area contributed by atoms with Crippen LogP contribution in [0, 0.1) is 6.92 Å². The summed E-state index contributed by atoms with van der Waals surface area (Å²) >= 11 is 1.26. The molecule has 2 rings (SSSR count). The first-order valence-electron chi connectivity index (χ1n) is 5.92. The molecule has 2 N–H and O–H groups in total. The number of rotatable bonds is 5. The molecule has 0 bridgehead atoms. The zero-order chi connectivity index (χ0) is 14.7. The van der Waals surface area contributed by atoms with Crippen LogP contribution in [0.5, 0.6) is 0 Å². The van der Waals surface area contributed by atoms with Crippen molar-refractivity contribution in [3.05, 3.63) is 39.7 Å². The molecule has 0 fully saturated rings. The first-order valence-corrected chi connectivity index (χ1v) is 6.90. The third-order valence-electron chi connectivity index (χ3n) is 2.69. The zero-order valence-corrected chi connectivity index (χ0v) is 11.9. The summed E-state index contributed by atoms with van der Waals surface area (Å²) in [6, 6.07) is 0. The number of hydrogen-bond donors (Lipinski definition) is 2. The molecule has 0 amide bonds. The van der Waals surface area contributed by atoms with Crippen LogP contribution in [0.25, 0.3) is 0 Å². The van der Waals surface area contributed by atoms with Gasteiger partial charge in [0, 0.05) is 24.7 Å². The molecular weight excluding hydrogens is 280 g/mol. The third kappa shape index (κ3) is 3.27. The molecular formula is C12H14N4O3S. The summed E-state index contributed by atoms with van der Waals surface area (Å²) in [7, 11) is 1.83. The summed E-state index contributed by atoms with van der Waals surface area (Å²) in [4.78, 5) is 28.7. The minimum atomic E-state index is -1.09. The molecule has 2 heterocycles. The summed E-state index contributed by atoms with van der Waals surface area (Å²) in [5.41, 5.74) is 0.900. The van der Waals surface area contributed by atoms with Crippen LogP contribution in [0.3, 0.4) is 0 Å². The molecule has 2 aromatic heterocycles. The van der Waals surface area contributed by atoms with Crippen LogP contribution < -0.4 is 5.69 Å². The number of carboxylic acids is 1. The fourth-order valence-electron chi connectivity index (χ4n) is 1.78. The summed E-state index contributed by atoms with van der Waals surface area (Å²) in [5.74, 6) is -0.461. The Morgan fingerprint density at radius 1 is 1.55 bits per heavy atom. The van der Waals surface area contributed by atoms with Gasteiger partial charge in [0.05, 0.1) is 6.20 Å². The van der Waals surface area contributed by atoms with E-state index in [0.29, 0.717) is 11.4 Å². The highest BCUT2D eigenvalue weighted by Gasteiger charge is 2.16. The summed E-state index contributed by atoms with van der Waals surface area (Å²) in [5, 5.41) is 13.5. The Labute approximate surface area is 119 Å². The fourth-order valence-corrected chi connectivity index (χ4v) is 2.85. The van der Waals surface area contributed by atoms with Gasteiger partial charge in [-0.2, -0.15) is 10.1 Å². The number of aromatic amines is 1. The SMILES string of the molecule is Cc1[nH]c(=O)nc(SCCc2cnn(C)c2)c1C(=O)O. The molecule has 0 radical (unpaired) electrons. The van der Waals surface area contributed by atoms with Gasteiger partial charge in [-0.25, -0.2) is 9.59 Å². The van der Waals surface area contributed by atoms with E-state index >= 15 is 0 Å². The molecule has 0 unspecified atom stereocenters. The Balaban J connectivity index is 2.12. The predicted molar refractivity (Wildman–Crippen MR) is 74.2 cm³/mol. The van der Waals surface area contributed by atoms with Crippen molar-refractivity contribution in [2.24, 2.45) is 7.05 Å². The Kier molecular flexibility index (Phi) is 4.23. The van der Waals surface area contributed by atoms with Crippen molar-refractivity contribution in [2.75, 3.05) is 5.75 Å². The van der Waals surface area contributed by atoms with Crippen LogP contribution in [0.15, 0.2) is 22.2 Å². The number of nitrogens with one attached hydrogen (secondary N) is 1. The van der Waals surface area contributed by atoms with Crippen molar-refractivity contribution >= 4 is 17.7 Å². The van der Waals surface area contributed by atoms with Gasteiger partial charge in [0.2, 0.25) is 0 Å². The lowest BCUT2D eigenvalue weighted by molar-refractivity contribution is 0.0690. The van der Waals surface area contributed by atoms with Gasteiger partial charge in [-0.1, -0.05) is 0 Å². The van der Waals surface area contributed by atoms with Crippen LogP contribution in [0.1, 0.15) is 21.6 Å². The van der Waals surface area contributed by atoms with E-state index in [0.717, 1.165) is 12.0 Å². The highest BCUT2D eigenvalue weighted by Crippen LogP contribution is 2.21. The molecule has 0 aromatic carbocycles. The van der Waals surface area contributed by atoms with Gasteiger partial charge in [0.1, 0.15) is 10.6 Å². The summed E-state index contributed by atoms with van der Waals surface area (Å²) in [6.45, 7) is 1.55. The topological polar surface area (TPSA) is 101 Å². The largest absolute Gasteiger partial charge is 0.478 e. The summed E-state index contributed by atoms with van der Waals surface area (Å²) in [6.07, 6.45) is 4.38. The van der Waals surface area contributed by atoms with Crippen LogP contribution in [0.2, 0.25) is 0 Å². The van der Waals surface area contributed by atoms with Gasteiger partial charge < -0.3 is 10.1 Å². The maximum Gasteiger partial charge on any atom is 0.346 e. The number of carbonyl (C=O) groups is 1. The number of aryl methyl sites for hydroxylation is 3. The third-order valence-corrected chi connectivity index (χ3v) is 3.67. The van der Waals surface area contributed by atoms with Crippen LogP contribution in [-0.4, -0.2) is 36.6 Å². The molecule has 106 valence electrons. The maximum atomic E-state index is 11.3. The van der Waals surface area contributed by atoms with E-state index in [-0.39, 0.29) is 10.6 Å². The second-order valence-corrected chi connectivity index (χ2v) is 5.36. The molecule has 0 saturated heterocycles. The Hall–Kier alpha value is -2.09.